The lowest BCUT2D eigenvalue weighted by molar-refractivity contribution is 0.160. The number of likely N-dealkylation sites (N-methyl/N-ethyl adjacent to an activating group) is 1. The first-order valence-electron chi connectivity index (χ1n) is 9.01. The van der Waals surface area contributed by atoms with Crippen LogP contribution in [0.3, 0.4) is 0 Å². The smallest absolute Gasteiger partial charge is 0.191 e. The summed E-state index contributed by atoms with van der Waals surface area (Å²) in [5.74, 6) is -0.755. The van der Waals surface area contributed by atoms with Crippen LogP contribution in [0.15, 0.2) is 41.1 Å². The third-order valence-electron chi connectivity index (χ3n) is 6.53. The SMILES string of the molecule is CN1[C@@H]2C=C3C(C#N)=C(N)C(C#N)(C#N)[C@@H](c4ccc(Cl)c(Cl)c4)[C@@H]3[C@@H]1CC2. The molecular formula is C21H17Cl2N5. The highest BCUT2D eigenvalue weighted by Crippen LogP contribution is 2.58. The number of hydrogen-bond donors (Lipinski definition) is 1. The van der Waals surface area contributed by atoms with Crippen molar-refractivity contribution in [2.75, 3.05) is 7.05 Å². The minimum absolute atomic E-state index is 0.0301. The van der Waals surface area contributed by atoms with Crippen LogP contribution in [0.25, 0.3) is 0 Å². The lowest BCUT2D eigenvalue weighted by Crippen LogP contribution is -2.51. The highest BCUT2D eigenvalue weighted by atomic mass is 35.5. The molecule has 2 bridgehead atoms. The van der Waals surface area contributed by atoms with Gasteiger partial charge >= 0.3 is 0 Å². The standard InChI is InChI=1S/C21H17Cl2N5/c1-28-12-3-5-17(28)18-13(7-12)14(8-24)20(27)21(9-25,10-26)19(18)11-2-4-15(22)16(23)6-11/h2,4,6-7,12,17-19H,3,5,27H2,1H3/t12-,17-,18-,19-/m0/s1. The average molecular weight is 410 g/mol. The zero-order chi connectivity index (χ0) is 20.2. The Balaban J connectivity index is 2.05. The third kappa shape index (κ3) is 2.33. The Bertz CT molecular complexity index is 1040. The van der Waals surface area contributed by atoms with Crippen LogP contribution in [0.5, 0.6) is 0 Å². The monoisotopic (exact) mass is 409 g/mol. The molecule has 1 saturated heterocycles. The van der Waals surface area contributed by atoms with E-state index < -0.39 is 11.3 Å². The number of nitrogens with zero attached hydrogens (tertiary/aromatic N) is 4. The fourth-order valence-electron chi connectivity index (χ4n) is 5.17. The minimum atomic E-state index is -1.65. The van der Waals surface area contributed by atoms with Gasteiger partial charge in [0, 0.05) is 23.9 Å². The maximum atomic E-state index is 10.1. The molecule has 2 N–H and O–H groups in total. The molecule has 0 saturated carbocycles. The molecule has 0 unspecified atom stereocenters. The average Bonchev–Trinajstić information content (AvgIpc) is 2.93. The van der Waals surface area contributed by atoms with Gasteiger partial charge in [0.2, 0.25) is 0 Å². The van der Waals surface area contributed by atoms with Gasteiger partial charge in [-0.05, 0) is 43.2 Å². The molecule has 2 heterocycles. The van der Waals surface area contributed by atoms with Gasteiger partial charge in [-0.3, -0.25) is 4.90 Å². The molecule has 0 amide bonds. The van der Waals surface area contributed by atoms with Crippen LogP contribution >= 0.6 is 23.2 Å². The van der Waals surface area contributed by atoms with Crippen molar-refractivity contribution >= 4 is 23.2 Å². The van der Waals surface area contributed by atoms with Gasteiger partial charge in [-0.15, -0.1) is 0 Å². The molecule has 1 aliphatic carbocycles. The van der Waals surface area contributed by atoms with Gasteiger partial charge in [-0.2, -0.15) is 15.8 Å². The summed E-state index contributed by atoms with van der Waals surface area (Å²) in [6.07, 6.45) is 3.98. The van der Waals surface area contributed by atoms with E-state index in [1.165, 1.54) is 0 Å². The number of allylic oxidation sites excluding steroid dienone is 2. The van der Waals surface area contributed by atoms with E-state index in [4.69, 9.17) is 28.9 Å². The van der Waals surface area contributed by atoms with E-state index in [1.807, 2.05) is 0 Å². The van der Waals surface area contributed by atoms with Crippen LogP contribution in [0, 0.1) is 45.3 Å². The molecule has 0 aromatic heterocycles. The molecule has 1 fully saturated rings. The summed E-state index contributed by atoms with van der Waals surface area (Å²) in [5, 5.41) is 30.8. The number of rotatable bonds is 1. The zero-order valence-corrected chi connectivity index (χ0v) is 16.7. The highest BCUT2D eigenvalue weighted by Gasteiger charge is 2.58. The Morgan fingerprint density at radius 2 is 1.86 bits per heavy atom. The van der Waals surface area contributed by atoms with E-state index in [1.54, 1.807) is 18.2 Å². The topological polar surface area (TPSA) is 101 Å². The number of nitrogens with two attached hydrogens (primary N) is 1. The van der Waals surface area contributed by atoms with Crippen molar-refractivity contribution in [1.29, 1.82) is 15.8 Å². The van der Waals surface area contributed by atoms with Gasteiger partial charge in [0.1, 0.15) is 6.07 Å². The third-order valence-corrected chi connectivity index (χ3v) is 7.26. The van der Waals surface area contributed by atoms with E-state index in [2.05, 4.69) is 36.2 Å². The fourth-order valence-corrected chi connectivity index (χ4v) is 5.47. The lowest BCUT2D eigenvalue weighted by atomic mass is 9.56. The number of fused-ring (bicyclic) bond motifs is 4. The van der Waals surface area contributed by atoms with E-state index in [-0.39, 0.29) is 29.3 Å². The summed E-state index contributed by atoms with van der Waals surface area (Å²) >= 11 is 12.4. The maximum Gasteiger partial charge on any atom is 0.191 e. The summed E-state index contributed by atoms with van der Waals surface area (Å²) in [4.78, 5) is 2.27. The Morgan fingerprint density at radius 3 is 2.46 bits per heavy atom. The quantitative estimate of drug-likeness (QED) is 0.757. The van der Waals surface area contributed by atoms with Crippen molar-refractivity contribution < 1.29 is 0 Å². The summed E-state index contributed by atoms with van der Waals surface area (Å²) in [6, 6.07) is 12.0. The molecular weight excluding hydrogens is 393 g/mol. The molecule has 1 aromatic carbocycles. The summed E-state index contributed by atoms with van der Waals surface area (Å²) in [6.45, 7) is 0. The minimum Gasteiger partial charge on any atom is -0.399 e. The van der Waals surface area contributed by atoms with Crippen LogP contribution in [0.2, 0.25) is 10.0 Å². The van der Waals surface area contributed by atoms with Gasteiger partial charge < -0.3 is 5.73 Å². The van der Waals surface area contributed by atoms with Crippen molar-refractivity contribution in [3.8, 4) is 18.2 Å². The van der Waals surface area contributed by atoms with Crippen LogP contribution in [-0.4, -0.2) is 24.0 Å². The van der Waals surface area contributed by atoms with Crippen LogP contribution in [0.1, 0.15) is 24.3 Å². The van der Waals surface area contributed by atoms with Crippen molar-refractivity contribution in [3.05, 3.63) is 56.7 Å². The summed E-state index contributed by atoms with van der Waals surface area (Å²) in [5.41, 5.74) is 6.57. The van der Waals surface area contributed by atoms with Crippen LogP contribution in [0.4, 0.5) is 0 Å². The predicted molar refractivity (Wildman–Crippen MR) is 106 cm³/mol. The molecule has 1 aromatic rings. The first-order chi connectivity index (χ1) is 13.4. The second-order valence-corrected chi connectivity index (χ2v) is 8.42. The number of halogens is 2. The van der Waals surface area contributed by atoms with Gasteiger partial charge in [0.05, 0.1) is 33.5 Å². The number of nitriles is 3. The molecule has 0 spiro atoms. The predicted octanol–water partition coefficient (Wildman–Crippen LogP) is 3.88. The molecule has 2 aliphatic heterocycles. The van der Waals surface area contributed by atoms with E-state index in [0.717, 1.165) is 24.0 Å². The van der Waals surface area contributed by atoms with E-state index in [0.29, 0.717) is 10.0 Å². The molecule has 28 heavy (non-hydrogen) atoms. The fraction of sp³-hybridized carbons (Fsp3) is 0.381. The van der Waals surface area contributed by atoms with Crippen LogP contribution in [-0.2, 0) is 0 Å². The van der Waals surface area contributed by atoms with Crippen molar-refractivity contribution in [1.82, 2.24) is 4.90 Å². The number of hydrogen-bond acceptors (Lipinski definition) is 5. The molecule has 3 aliphatic rings. The Morgan fingerprint density at radius 1 is 1.14 bits per heavy atom. The maximum absolute atomic E-state index is 10.1. The van der Waals surface area contributed by atoms with Crippen molar-refractivity contribution in [2.45, 2.75) is 30.8 Å². The first kappa shape index (κ1) is 18.9. The summed E-state index contributed by atoms with van der Waals surface area (Å²) in [7, 11) is 2.05. The van der Waals surface area contributed by atoms with E-state index >= 15 is 0 Å². The Labute approximate surface area is 173 Å². The largest absolute Gasteiger partial charge is 0.399 e. The Hall–Kier alpha value is -2.49. The van der Waals surface area contributed by atoms with Gasteiger partial charge in [-0.1, -0.05) is 35.3 Å². The summed E-state index contributed by atoms with van der Waals surface area (Å²) < 4.78 is 0. The molecule has 4 rings (SSSR count). The molecule has 7 heteroatoms. The van der Waals surface area contributed by atoms with Crippen molar-refractivity contribution in [3.63, 3.8) is 0 Å². The second kappa shape index (κ2) is 6.54. The highest BCUT2D eigenvalue weighted by molar-refractivity contribution is 6.42. The van der Waals surface area contributed by atoms with Gasteiger partial charge in [-0.25, -0.2) is 0 Å². The molecule has 140 valence electrons. The molecule has 5 nitrogen and oxygen atoms in total. The van der Waals surface area contributed by atoms with Gasteiger partial charge in [0.15, 0.2) is 5.41 Å². The van der Waals surface area contributed by atoms with E-state index in [9.17, 15) is 15.8 Å². The second-order valence-electron chi connectivity index (χ2n) is 7.61. The Kier molecular flexibility index (Phi) is 4.40. The molecule has 4 atom stereocenters. The number of benzene rings is 1. The van der Waals surface area contributed by atoms with Gasteiger partial charge in [0.25, 0.3) is 0 Å². The first-order valence-corrected chi connectivity index (χ1v) is 9.77. The zero-order valence-electron chi connectivity index (χ0n) is 15.2. The lowest BCUT2D eigenvalue weighted by Gasteiger charge is -2.48. The van der Waals surface area contributed by atoms with Crippen molar-refractivity contribution in [2.24, 2.45) is 17.1 Å². The normalized spacial score (nSPS) is 30.6. The molecule has 0 radical (unpaired) electrons. The van der Waals surface area contributed by atoms with Crippen LogP contribution < -0.4 is 5.73 Å².